The van der Waals surface area contributed by atoms with Gasteiger partial charge in [-0.25, -0.2) is 0 Å². The number of rotatable bonds is 6. The van der Waals surface area contributed by atoms with E-state index in [4.69, 9.17) is 4.42 Å². The van der Waals surface area contributed by atoms with E-state index in [-0.39, 0.29) is 29.8 Å². The van der Waals surface area contributed by atoms with Crippen LogP contribution in [0.3, 0.4) is 0 Å². The SMILES string of the molecule is CC(C)(C)CC(=O)NCC(=O)N1CCCC1CC(O)c1ccco1. The lowest BCUT2D eigenvalue weighted by atomic mass is 9.92. The third-order valence-electron chi connectivity index (χ3n) is 4.19. The van der Waals surface area contributed by atoms with Crippen LogP contribution >= 0.6 is 0 Å². The Morgan fingerprint density at radius 3 is 2.83 bits per heavy atom. The molecule has 24 heavy (non-hydrogen) atoms. The normalized spacial score (nSPS) is 19.3. The van der Waals surface area contributed by atoms with Gasteiger partial charge in [0.05, 0.1) is 12.8 Å². The van der Waals surface area contributed by atoms with Gasteiger partial charge in [-0.05, 0) is 30.4 Å². The maximum absolute atomic E-state index is 12.4. The van der Waals surface area contributed by atoms with Crippen LogP contribution in [0, 0.1) is 5.41 Å². The Labute approximate surface area is 143 Å². The van der Waals surface area contributed by atoms with Crippen LogP contribution in [0.5, 0.6) is 0 Å². The van der Waals surface area contributed by atoms with Crippen molar-refractivity contribution in [2.24, 2.45) is 5.41 Å². The fraction of sp³-hybridized carbons (Fsp3) is 0.667. The largest absolute Gasteiger partial charge is 0.467 e. The van der Waals surface area contributed by atoms with Crippen LogP contribution in [0.15, 0.2) is 22.8 Å². The highest BCUT2D eigenvalue weighted by Gasteiger charge is 2.31. The van der Waals surface area contributed by atoms with Crippen LogP contribution in [0.1, 0.15) is 58.3 Å². The molecular formula is C18H28N2O4. The van der Waals surface area contributed by atoms with E-state index in [0.717, 1.165) is 12.8 Å². The summed E-state index contributed by atoms with van der Waals surface area (Å²) in [4.78, 5) is 26.0. The molecule has 0 aliphatic carbocycles. The summed E-state index contributed by atoms with van der Waals surface area (Å²) in [6, 6.07) is 3.46. The van der Waals surface area contributed by atoms with Crippen molar-refractivity contribution < 1.29 is 19.1 Å². The summed E-state index contributed by atoms with van der Waals surface area (Å²) in [5, 5.41) is 12.9. The third kappa shape index (κ3) is 5.37. The monoisotopic (exact) mass is 336 g/mol. The van der Waals surface area contributed by atoms with E-state index < -0.39 is 6.10 Å². The Bertz CT molecular complexity index is 548. The van der Waals surface area contributed by atoms with Crippen LogP contribution < -0.4 is 5.32 Å². The second-order valence-corrected chi connectivity index (χ2v) is 7.66. The van der Waals surface area contributed by atoms with Gasteiger partial charge in [0.15, 0.2) is 0 Å². The highest BCUT2D eigenvalue weighted by molar-refractivity contribution is 5.85. The summed E-state index contributed by atoms with van der Waals surface area (Å²) < 4.78 is 5.22. The van der Waals surface area contributed by atoms with Crippen molar-refractivity contribution in [1.29, 1.82) is 0 Å². The predicted molar refractivity (Wildman–Crippen MR) is 90.1 cm³/mol. The lowest BCUT2D eigenvalue weighted by Gasteiger charge is -2.26. The van der Waals surface area contributed by atoms with Crippen molar-refractivity contribution in [3.8, 4) is 0 Å². The molecule has 2 atom stereocenters. The van der Waals surface area contributed by atoms with Gasteiger partial charge in [-0.1, -0.05) is 20.8 Å². The van der Waals surface area contributed by atoms with E-state index in [1.807, 2.05) is 20.8 Å². The summed E-state index contributed by atoms with van der Waals surface area (Å²) in [7, 11) is 0. The maximum atomic E-state index is 12.4. The number of hydrogen-bond donors (Lipinski definition) is 2. The van der Waals surface area contributed by atoms with Crippen LogP contribution in [0.2, 0.25) is 0 Å². The zero-order valence-corrected chi connectivity index (χ0v) is 14.7. The summed E-state index contributed by atoms with van der Waals surface area (Å²) in [5.74, 6) is 0.321. The number of aliphatic hydroxyl groups is 1. The minimum atomic E-state index is -0.714. The number of likely N-dealkylation sites (tertiary alicyclic amines) is 1. The van der Waals surface area contributed by atoms with E-state index in [1.165, 1.54) is 6.26 Å². The molecule has 1 fully saturated rings. The van der Waals surface area contributed by atoms with Gasteiger partial charge in [0, 0.05) is 25.4 Å². The first-order chi connectivity index (χ1) is 11.3. The number of amides is 2. The van der Waals surface area contributed by atoms with E-state index in [2.05, 4.69) is 5.32 Å². The molecule has 6 heteroatoms. The molecule has 0 bridgehead atoms. The molecule has 0 saturated carbocycles. The second kappa shape index (κ2) is 7.83. The minimum Gasteiger partial charge on any atom is -0.467 e. The fourth-order valence-corrected chi connectivity index (χ4v) is 3.08. The van der Waals surface area contributed by atoms with E-state index in [9.17, 15) is 14.7 Å². The Morgan fingerprint density at radius 2 is 2.21 bits per heavy atom. The molecular weight excluding hydrogens is 308 g/mol. The van der Waals surface area contributed by atoms with Crippen molar-refractivity contribution >= 4 is 11.8 Å². The lowest BCUT2D eigenvalue weighted by molar-refractivity contribution is -0.134. The van der Waals surface area contributed by atoms with Crippen LogP contribution in [0.25, 0.3) is 0 Å². The zero-order valence-electron chi connectivity index (χ0n) is 14.7. The number of hydrogen-bond acceptors (Lipinski definition) is 4. The number of furan rings is 1. The van der Waals surface area contributed by atoms with Gasteiger partial charge >= 0.3 is 0 Å². The Kier molecular flexibility index (Phi) is 6.04. The smallest absolute Gasteiger partial charge is 0.242 e. The number of carbonyl (C=O) groups excluding carboxylic acids is 2. The van der Waals surface area contributed by atoms with E-state index in [1.54, 1.807) is 17.0 Å². The van der Waals surface area contributed by atoms with Crippen molar-refractivity contribution in [1.82, 2.24) is 10.2 Å². The topological polar surface area (TPSA) is 82.8 Å². The molecule has 2 amide bonds. The van der Waals surface area contributed by atoms with Gasteiger partial charge in [0.25, 0.3) is 0 Å². The molecule has 6 nitrogen and oxygen atoms in total. The molecule has 0 aromatic carbocycles. The first kappa shape index (κ1) is 18.5. The van der Waals surface area contributed by atoms with E-state index >= 15 is 0 Å². The van der Waals surface area contributed by atoms with Crippen molar-refractivity contribution in [3.05, 3.63) is 24.2 Å². The summed E-state index contributed by atoms with van der Waals surface area (Å²) in [5.41, 5.74) is -0.101. The molecule has 2 unspecified atom stereocenters. The Hall–Kier alpha value is -1.82. The van der Waals surface area contributed by atoms with Crippen molar-refractivity contribution in [2.75, 3.05) is 13.1 Å². The second-order valence-electron chi connectivity index (χ2n) is 7.66. The Morgan fingerprint density at radius 1 is 1.46 bits per heavy atom. The third-order valence-corrected chi connectivity index (χ3v) is 4.19. The molecule has 1 aliphatic rings. The molecule has 2 rings (SSSR count). The molecule has 1 saturated heterocycles. The molecule has 1 aromatic rings. The number of carbonyl (C=O) groups is 2. The average molecular weight is 336 g/mol. The Balaban J connectivity index is 1.83. The van der Waals surface area contributed by atoms with Crippen LogP contribution in [-0.4, -0.2) is 41.0 Å². The fourth-order valence-electron chi connectivity index (χ4n) is 3.08. The van der Waals surface area contributed by atoms with Gasteiger partial charge in [0.2, 0.25) is 11.8 Å². The number of nitrogens with one attached hydrogen (secondary N) is 1. The maximum Gasteiger partial charge on any atom is 0.242 e. The standard InChI is InChI=1S/C18H28N2O4/c1-18(2,3)11-16(22)19-12-17(23)20-8-4-6-13(20)10-14(21)15-7-5-9-24-15/h5,7,9,13-14,21H,4,6,8,10-12H2,1-3H3,(H,19,22). The molecule has 134 valence electrons. The van der Waals surface area contributed by atoms with Crippen molar-refractivity contribution in [3.63, 3.8) is 0 Å². The van der Waals surface area contributed by atoms with E-state index in [0.29, 0.717) is 25.1 Å². The molecule has 2 N–H and O–H groups in total. The quantitative estimate of drug-likeness (QED) is 0.834. The summed E-state index contributed by atoms with van der Waals surface area (Å²) >= 11 is 0. The number of nitrogens with zero attached hydrogens (tertiary/aromatic N) is 1. The predicted octanol–water partition coefficient (Wildman–Crippen LogP) is 2.25. The molecule has 0 radical (unpaired) electrons. The first-order valence-corrected chi connectivity index (χ1v) is 8.54. The number of aliphatic hydroxyl groups excluding tert-OH is 1. The van der Waals surface area contributed by atoms with Gasteiger partial charge < -0.3 is 19.7 Å². The summed E-state index contributed by atoms with van der Waals surface area (Å²) in [6.45, 7) is 6.65. The average Bonchev–Trinajstić information content (AvgIpc) is 3.14. The van der Waals surface area contributed by atoms with Crippen molar-refractivity contribution in [2.45, 2.75) is 58.6 Å². The van der Waals surface area contributed by atoms with Gasteiger partial charge in [-0.3, -0.25) is 9.59 Å². The highest BCUT2D eigenvalue weighted by Crippen LogP contribution is 2.27. The van der Waals surface area contributed by atoms with Gasteiger partial charge in [0.1, 0.15) is 11.9 Å². The van der Waals surface area contributed by atoms with Gasteiger partial charge in [-0.2, -0.15) is 0 Å². The molecule has 1 aliphatic heterocycles. The van der Waals surface area contributed by atoms with Crippen LogP contribution in [0.4, 0.5) is 0 Å². The molecule has 0 spiro atoms. The lowest BCUT2D eigenvalue weighted by Crippen LogP contribution is -2.43. The zero-order chi connectivity index (χ0) is 17.7. The van der Waals surface area contributed by atoms with Crippen LogP contribution in [-0.2, 0) is 9.59 Å². The molecule has 1 aromatic heterocycles. The highest BCUT2D eigenvalue weighted by atomic mass is 16.4. The minimum absolute atomic E-state index is 0.0161. The summed E-state index contributed by atoms with van der Waals surface area (Å²) in [6.07, 6.45) is 3.43. The molecule has 2 heterocycles. The first-order valence-electron chi connectivity index (χ1n) is 8.54. The van der Waals surface area contributed by atoms with Gasteiger partial charge in [-0.15, -0.1) is 0 Å².